The first kappa shape index (κ1) is 12.1. The van der Waals surface area contributed by atoms with Gasteiger partial charge in [0.2, 0.25) is 0 Å². The van der Waals surface area contributed by atoms with Crippen molar-refractivity contribution in [1.29, 1.82) is 0 Å². The summed E-state index contributed by atoms with van der Waals surface area (Å²) in [6, 6.07) is 7.43. The first-order valence-electron chi connectivity index (χ1n) is 5.36. The number of amidine groups is 1. The van der Waals surface area contributed by atoms with Crippen LogP contribution in [-0.2, 0) is 11.3 Å². The third kappa shape index (κ3) is 3.08. The second-order valence-electron chi connectivity index (χ2n) is 3.58. The Morgan fingerprint density at radius 3 is 3.06 bits per heavy atom. The van der Waals surface area contributed by atoms with Crippen LogP contribution in [0.5, 0.6) is 0 Å². The number of carbonyl (C=O) groups is 1. The van der Waals surface area contributed by atoms with Crippen molar-refractivity contribution in [2.24, 2.45) is 4.99 Å². The number of aliphatic imine (C=N–C) groups is 1. The van der Waals surface area contributed by atoms with Gasteiger partial charge in [0.05, 0.1) is 13.2 Å². The molecule has 0 saturated carbocycles. The fraction of sp³-hybridized carbons (Fsp3) is 0.333. The van der Waals surface area contributed by atoms with Crippen molar-refractivity contribution < 1.29 is 9.53 Å². The summed E-state index contributed by atoms with van der Waals surface area (Å²) < 4.78 is 5.07. The number of hydrogen-bond acceptors (Lipinski definition) is 4. The van der Waals surface area contributed by atoms with Gasteiger partial charge in [0.25, 0.3) is 5.91 Å². The van der Waals surface area contributed by atoms with Crippen LogP contribution in [0.1, 0.15) is 15.9 Å². The molecule has 0 radical (unpaired) electrons. The van der Waals surface area contributed by atoms with E-state index in [2.05, 4.69) is 10.3 Å². The summed E-state index contributed by atoms with van der Waals surface area (Å²) in [5, 5.41) is 3.52. The highest BCUT2D eigenvalue weighted by molar-refractivity contribution is 8.14. The quantitative estimate of drug-likeness (QED) is 0.887. The molecule has 0 spiro atoms. The van der Waals surface area contributed by atoms with Crippen LogP contribution < -0.4 is 5.32 Å². The molecule has 17 heavy (non-hydrogen) atoms. The molecule has 0 bridgehead atoms. The molecular weight excluding hydrogens is 236 g/mol. The van der Waals surface area contributed by atoms with Crippen LogP contribution >= 0.6 is 11.8 Å². The predicted molar refractivity (Wildman–Crippen MR) is 69.4 cm³/mol. The molecule has 1 aromatic carbocycles. The van der Waals surface area contributed by atoms with Crippen molar-refractivity contribution in [3.05, 3.63) is 35.4 Å². The largest absolute Gasteiger partial charge is 0.380 e. The van der Waals surface area contributed by atoms with Gasteiger partial charge in [-0.1, -0.05) is 30.0 Å². The summed E-state index contributed by atoms with van der Waals surface area (Å²) in [6.45, 7) is 1.21. The fourth-order valence-corrected chi connectivity index (χ4v) is 2.32. The van der Waals surface area contributed by atoms with Gasteiger partial charge in [-0.2, -0.15) is 0 Å². The molecule has 2 rings (SSSR count). The molecule has 0 aromatic heterocycles. The SMILES string of the molecule is COCc1ccccc1C(=O)NC1=NCCS1. The van der Waals surface area contributed by atoms with Crippen molar-refractivity contribution in [2.45, 2.75) is 6.61 Å². The molecule has 1 aromatic rings. The molecule has 0 fully saturated rings. The molecule has 5 heteroatoms. The number of hydrogen-bond donors (Lipinski definition) is 1. The lowest BCUT2D eigenvalue weighted by atomic mass is 10.1. The van der Waals surface area contributed by atoms with E-state index in [1.54, 1.807) is 24.9 Å². The maximum Gasteiger partial charge on any atom is 0.257 e. The van der Waals surface area contributed by atoms with Crippen molar-refractivity contribution in [3.63, 3.8) is 0 Å². The molecule has 1 aliphatic heterocycles. The number of benzene rings is 1. The molecule has 1 N–H and O–H groups in total. The van der Waals surface area contributed by atoms with E-state index in [9.17, 15) is 4.79 Å². The summed E-state index contributed by atoms with van der Waals surface area (Å²) in [5.41, 5.74) is 1.53. The summed E-state index contributed by atoms with van der Waals surface area (Å²) in [7, 11) is 1.62. The van der Waals surface area contributed by atoms with Gasteiger partial charge in [0, 0.05) is 18.4 Å². The number of amides is 1. The third-order valence-corrected chi connectivity index (χ3v) is 3.26. The number of nitrogens with one attached hydrogen (secondary N) is 1. The smallest absolute Gasteiger partial charge is 0.257 e. The number of methoxy groups -OCH3 is 1. The standard InChI is InChI=1S/C12H14N2O2S/c1-16-8-9-4-2-3-5-10(9)11(15)14-12-13-6-7-17-12/h2-5H,6-8H2,1H3,(H,13,14,15). The van der Waals surface area contributed by atoms with E-state index < -0.39 is 0 Å². The summed E-state index contributed by atoms with van der Waals surface area (Å²) in [5.74, 6) is 0.820. The van der Waals surface area contributed by atoms with Gasteiger partial charge in [0.1, 0.15) is 0 Å². The van der Waals surface area contributed by atoms with Crippen molar-refractivity contribution in [2.75, 3.05) is 19.4 Å². The zero-order valence-corrected chi connectivity index (χ0v) is 10.4. The highest BCUT2D eigenvalue weighted by Crippen LogP contribution is 2.13. The number of carbonyl (C=O) groups excluding carboxylic acids is 1. The second-order valence-corrected chi connectivity index (χ2v) is 4.66. The Labute approximate surface area is 104 Å². The highest BCUT2D eigenvalue weighted by Gasteiger charge is 2.14. The summed E-state index contributed by atoms with van der Waals surface area (Å²) in [6.07, 6.45) is 0. The van der Waals surface area contributed by atoms with Gasteiger partial charge >= 0.3 is 0 Å². The first-order valence-corrected chi connectivity index (χ1v) is 6.35. The van der Waals surface area contributed by atoms with Gasteiger partial charge in [-0.05, 0) is 11.6 Å². The maximum absolute atomic E-state index is 12.0. The Morgan fingerprint density at radius 2 is 2.35 bits per heavy atom. The highest BCUT2D eigenvalue weighted by atomic mass is 32.2. The molecule has 1 aliphatic rings. The second kappa shape index (κ2) is 5.84. The molecule has 90 valence electrons. The maximum atomic E-state index is 12.0. The van der Waals surface area contributed by atoms with Crippen LogP contribution in [0.2, 0.25) is 0 Å². The minimum absolute atomic E-state index is 0.120. The molecule has 0 atom stereocenters. The zero-order chi connectivity index (χ0) is 12.1. The van der Waals surface area contributed by atoms with Crippen LogP contribution in [-0.4, -0.2) is 30.5 Å². The fourth-order valence-electron chi connectivity index (χ4n) is 1.60. The van der Waals surface area contributed by atoms with Crippen LogP contribution in [0.3, 0.4) is 0 Å². The Kier molecular flexibility index (Phi) is 4.17. The van der Waals surface area contributed by atoms with Crippen molar-refractivity contribution in [1.82, 2.24) is 5.32 Å². The van der Waals surface area contributed by atoms with E-state index in [4.69, 9.17) is 4.74 Å². The average molecular weight is 250 g/mol. The molecule has 1 amide bonds. The number of nitrogens with zero attached hydrogens (tertiary/aromatic N) is 1. The van der Waals surface area contributed by atoms with E-state index >= 15 is 0 Å². The Bertz CT molecular complexity index is 446. The number of ether oxygens (including phenoxy) is 1. The van der Waals surface area contributed by atoms with Gasteiger partial charge in [0.15, 0.2) is 5.17 Å². The Morgan fingerprint density at radius 1 is 1.53 bits per heavy atom. The Hall–Kier alpha value is -1.33. The normalized spacial score (nSPS) is 14.5. The molecule has 0 aliphatic carbocycles. The monoisotopic (exact) mass is 250 g/mol. The van der Waals surface area contributed by atoms with E-state index in [1.165, 1.54) is 0 Å². The Balaban J connectivity index is 2.12. The van der Waals surface area contributed by atoms with E-state index in [-0.39, 0.29) is 5.91 Å². The van der Waals surface area contributed by atoms with Crippen LogP contribution in [0.15, 0.2) is 29.3 Å². The zero-order valence-electron chi connectivity index (χ0n) is 9.60. The van der Waals surface area contributed by atoms with Crippen molar-refractivity contribution in [3.8, 4) is 0 Å². The number of rotatable bonds is 3. The topological polar surface area (TPSA) is 50.7 Å². The summed E-state index contributed by atoms with van der Waals surface area (Å²) >= 11 is 1.57. The van der Waals surface area contributed by atoms with Gasteiger partial charge in [-0.15, -0.1) is 0 Å². The van der Waals surface area contributed by atoms with Crippen molar-refractivity contribution >= 4 is 22.8 Å². The third-order valence-electron chi connectivity index (χ3n) is 2.37. The molecule has 0 unspecified atom stereocenters. The lowest BCUT2D eigenvalue weighted by Crippen LogP contribution is -2.28. The minimum Gasteiger partial charge on any atom is -0.380 e. The van der Waals surface area contributed by atoms with Gasteiger partial charge < -0.3 is 10.1 Å². The molecule has 4 nitrogen and oxygen atoms in total. The molecule has 1 heterocycles. The van der Waals surface area contributed by atoms with E-state index in [0.717, 1.165) is 17.9 Å². The summed E-state index contributed by atoms with van der Waals surface area (Å²) in [4.78, 5) is 16.2. The van der Waals surface area contributed by atoms with Gasteiger partial charge in [-0.3, -0.25) is 9.79 Å². The van der Waals surface area contributed by atoms with Crippen LogP contribution in [0.4, 0.5) is 0 Å². The van der Waals surface area contributed by atoms with E-state index in [1.807, 2.05) is 18.2 Å². The lowest BCUT2D eigenvalue weighted by Gasteiger charge is -2.08. The van der Waals surface area contributed by atoms with E-state index in [0.29, 0.717) is 17.3 Å². The van der Waals surface area contributed by atoms with Crippen LogP contribution in [0, 0.1) is 0 Å². The average Bonchev–Trinajstić information content (AvgIpc) is 2.83. The molecule has 0 saturated heterocycles. The first-order chi connectivity index (χ1) is 8.31. The minimum atomic E-state index is -0.120. The molecular formula is C12H14N2O2S. The van der Waals surface area contributed by atoms with Crippen LogP contribution in [0.25, 0.3) is 0 Å². The van der Waals surface area contributed by atoms with Gasteiger partial charge in [-0.25, -0.2) is 0 Å². The lowest BCUT2D eigenvalue weighted by molar-refractivity contribution is 0.0973. The number of thioether (sulfide) groups is 1. The predicted octanol–water partition coefficient (Wildman–Crippen LogP) is 1.67.